The number of imidazole rings is 1. The quantitative estimate of drug-likeness (QED) is 0.804. The van der Waals surface area contributed by atoms with E-state index in [1.54, 1.807) is 18.6 Å². The van der Waals surface area contributed by atoms with Crippen LogP contribution in [0.25, 0.3) is 0 Å². The van der Waals surface area contributed by atoms with Crippen LogP contribution in [0, 0.1) is 0 Å². The van der Waals surface area contributed by atoms with Crippen LogP contribution in [-0.2, 0) is 12.9 Å². The summed E-state index contributed by atoms with van der Waals surface area (Å²) in [6.07, 6.45) is 6.99. The minimum Gasteiger partial charge on any atom is -0.329 e. The van der Waals surface area contributed by atoms with Gasteiger partial charge in [-0.1, -0.05) is 11.6 Å². The summed E-state index contributed by atoms with van der Waals surface area (Å²) in [7, 11) is 1.94. The van der Waals surface area contributed by atoms with Crippen molar-refractivity contribution in [3.8, 4) is 0 Å². The molecule has 0 saturated heterocycles. The Kier molecular flexibility index (Phi) is 3.74. The minimum atomic E-state index is 0.369. The lowest BCUT2D eigenvalue weighted by Crippen LogP contribution is -1.92. The standard InChI is InChI=1S/C10H9Cl2N3S/c1-15-3-2-14-10(15)16-9-6-13-5-8(12)7(9)4-11/h2-3,5-6H,4H2,1H3. The van der Waals surface area contributed by atoms with Crippen LogP contribution in [0.1, 0.15) is 5.56 Å². The average molecular weight is 274 g/mol. The highest BCUT2D eigenvalue weighted by Crippen LogP contribution is 2.32. The Morgan fingerprint density at radius 3 is 2.88 bits per heavy atom. The maximum atomic E-state index is 6.02. The maximum absolute atomic E-state index is 6.02. The highest BCUT2D eigenvalue weighted by molar-refractivity contribution is 7.99. The highest BCUT2D eigenvalue weighted by atomic mass is 35.5. The molecular weight excluding hydrogens is 265 g/mol. The molecule has 0 atom stereocenters. The van der Waals surface area contributed by atoms with Gasteiger partial charge < -0.3 is 4.57 Å². The van der Waals surface area contributed by atoms with Crippen LogP contribution >= 0.6 is 35.0 Å². The van der Waals surface area contributed by atoms with Crippen LogP contribution in [-0.4, -0.2) is 14.5 Å². The monoisotopic (exact) mass is 273 g/mol. The lowest BCUT2D eigenvalue weighted by molar-refractivity contribution is 0.789. The molecule has 2 aromatic heterocycles. The van der Waals surface area contributed by atoms with Gasteiger partial charge in [-0.2, -0.15) is 0 Å². The first-order valence-corrected chi connectivity index (χ1v) is 6.28. The number of nitrogens with zero attached hydrogens (tertiary/aromatic N) is 3. The molecule has 0 aliphatic rings. The number of pyridine rings is 1. The molecule has 84 valence electrons. The topological polar surface area (TPSA) is 30.7 Å². The molecule has 0 radical (unpaired) electrons. The van der Waals surface area contributed by atoms with Crippen LogP contribution in [0.4, 0.5) is 0 Å². The first-order chi connectivity index (χ1) is 7.72. The fraction of sp³-hybridized carbons (Fsp3) is 0.200. The summed E-state index contributed by atoms with van der Waals surface area (Å²) in [5.41, 5.74) is 0.895. The van der Waals surface area contributed by atoms with Gasteiger partial charge in [0.15, 0.2) is 5.16 Å². The Hall–Kier alpha value is -0.710. The molecule has 0 unspecified atom stereocenters. The van der Waals surface area contributed by atoms with E-state index in [0.29, 0.717) is 10.9 Å². The first kappa shape index (κ1) is 11.8. The zero-order chi connectivity index (χ0) is 11.5. The van der Waals surface area contributed by atoms with E-state index in [4.69, 9.17) is 23.2 Å². The van der Waals surface area contributed by atoms with E-state index in [2.05, 4.69) is 9.97 Å². The molecule has 0 saturated carbocycles. The Bertz CT molecular complexity index is 499. The van der Waals surface area contributed by atoms with Crippen molar-refractivity contribution in [1.82, 2.24) is 14.5 Å². The molecule has 0 fully saturated rings. The van der Waals surface area contributed by atoms with Crippen molar-refractivity contribution < 1.29 is 0 Å². The summed E-state index contributed by atoms with van der Waals surface area (Å²) in [6.45, 7) is 0. The molecule has 2 heterocycles. The predicted octanol–water partition coefficient (Wildman–Crippen LogP) is 3.36. The summed E-state index contributed by atoms with van der Waals surface area (Å²) >= 11 is 13.4. The molecule has 0 bridgehead atoms. The van der Waals surface area contributed by atoms with Crippen molar-refractivity contribution in [3.63, 3.8) is 0 Å². The molecule has 6 heteroatoms. The van der Waals surface area contributed by atoms with Gasteiger partial charge in [-0.15, -0.1) is 11.6 Å². The normalized spacial score (nSPS) is 10.7. The van der Waals surface area contributed by atoms with Crippen molar-refractivity contribution in [2.45, 2.75) is 15.9 Å². The summed E-state index contributed by atoms with van der Waals surface area (Å²) < 4.78 is 1.93. The summed E-state index contributed by atoms with van der Waals surface area (Å²) in [6, 6.07) is 0. The second kappa shape index (κ2) is 5.08. The number of hydrogen-bond donors (Lipinski definition) is 0. The van der Waals surface area contributed by atoms with E-state index >= 15 is 0 Å². The smallest absolute Gasteiger partial charge is 0.172 e. The van der Waals surface area contributed by atoms with Crippen LogP contribution in [0.15, 0.2) is 34.8 Å². The van der Waals surface area contributed by atoms with E-state index in [1.807, 2.05) is 17.8 Å². The Morgan fingerprint density at radius 1 is 1.44 bits per heavy atom. The van der Waals surface area contributed by atoms with Gasteiger partial charge in [-0.3, -0.25) is 4.98 Å². The first-order valence-electron chi connectivity index (χ1n) is 4.56. The maximum Gasteiger partial charge on any atom is 0.172 e. The van der Waals surface area contributed by atoms with Gasteiger partial charge in [0.25, 0.3) is 0 Å². The van der Waals surface area contributed by atoms with Crippen molar-refractivity contribution in [3.05, 3.63) is 35.4 Å². The average Bonchev–Trinajstić information content (AvgIpc) is 2.65. The van der Waals surface area contributed by atoms with Crippen LogP contribution in [0.3, 0.4) is 0 Å². The molecule has 0 spiro atoms. The zero-order valence-corrected chi connectivity index (χ0v) is 10.9. The number of aryl methyl sites for hydroxylation is 1. The number of rotatable bonds is 3. The molecule has 3 nitrogen and oxygen atoms in total. The van der Waals surface area contributed by atoms with E-state index in [1.165, 1.54) is 11.8 Å². The van der Waals surface area contributed by atoms with Gasteiger partial charge in [0.1, 0.15) is 0 Å². The number of hydrogen-bond acceptors (Lipinski definition) is 3. The number of halogens is 2. The number of aromatic nitrogens is 3. The largest absolute Gasteiger partial charge is 0.329 e. The van der Waals surface area contributed by atoms with Crippen LogP contribution in [0.5, 0.6) is 0 Å². The molecule has 2 rings (SSSR count). The highest BCUT2D eigenvalue weighted by Gasteiger charge is 2.10. The van der Waals surface area contributed by atoms with E-state index in [9.17, 15) is 0 Å². The third-order valence-corrected chi connectivity index (χ3v) is 3.82. The third kappa shape index (κ3) is 2.34. The summed E-state index contributed by atoms with van der Waals surface area (Å²) in [4.78, 5) is 9.22. The molecule has 0 amide bonds. The fourth-order valence-corrected chi connectivity index (χ4v) is 2.86. The Morgan fingerprint density at radius 2 is 2.25 bits per heavy atom. The molecule has 16 heavy (non-hydrogen) atoms. The van der Waals surface area contributed by atoms with Gasteiger partial charge in [0.2, 0.25) is 0 Å². The second-order valence-electron chi connectivity index (χ2n) is 3.15. The van der Waals surface area contributed by atoms with Crippen molar-refractivity contribution in [1.29, 1.82) is 0 Å². The van der Waals surface area contributed by atoms with Gasteiger partial charge in [0, 0.05) is 42.3 Å². The van der Waals surface area contributed by atoms with Gasteiger partial charge in [0.05, 0.1) is 10.9 Å². The van der Waals surface area contributed by atoms with Gasteiger partial charge in [-0.25, -0.2) is 4.98 Å². The van der Waals surface area contributed by atoms with Gasteiger partial charge >= 0.3 is 0 Å². The predicted molar refractivity (Wildman–Crippen MR) is 66.1 cm³/mol. The minimum absolute atomic E-state index is 0.369. The van der Waals surface area contributed by atoms with Crippen molar-refractivity contribution >= 4 is 35.0 Å². The van der Waals surface area contributed by atoms with E-state index < -0.39 is 0 Å². The molecule has 0 aliphatic heterocycles. The Balaban J connectivity index is 2.35. The molecule has 0 N–H and O–H groups in total. The van der Waals surface area contributed by atoms with Crippen LogP contribution < -0.4 is 0 Å². The van der Waals surface area contributed by atoms with E-state index in [0.717, 1.165) is 15.6 Å². The Labute approximate surface area is 108 Å². The number of alkyl halides is 1. The summed E-state index contributed by atoms with van der Waals surface area (Å²) in [5.74, 6) is 0.369. The molecular formula is C10H9Cl2N3S. The van der Waals surface area contributed by atoms with Gasteiger partial charge in [-0.05, 0) is 11.8 Å². The lowest BCUT2D eigenvalue weighted by atomic mass is 10.3. The third-order valence-electron chi connectivity index (χ3n) is 2.08. The van der Waals surface area contributed by atoms with Crippen molar-refractivity contribution in [2.24, 2.45) is 7.05 Å². The van der Waals surface area contributed by atoms with Crippen LogP contribution in [0.2, 0.25) is 5.02 Å². The van der Waals surface area contributed by atoms with E-state index in [-0.39, 0.29) is 0 Å². The van der Waals surface area contributed by atoms with Crippen molar-refractivity contribution in [2.75, 3.05) is 0 Å². The fourth-order valence-electron chi connectivity index (χ4n) is 1.21. The molecule has 0 aliphatic carbocycles. The second-order valence-corrected chi connectivity index (χ2v) is 4.84. The SMILES string of the molecule is Cn1ccnc1Sc1cncc(Cl)c1CCl. The lowest BCUT2D eigenvalue weighted by Gasteiger charge is -2.07. The summed E-state index contributed by atoms with van der Waals surface area (Å²) in [5, 5.41) is 1.48. The molecule has 0 aromatic carbocycles. The zero-order valence-electron chi connectivity index (χ0n) is 8.52. The molecule has 2 aromatic rings.